The van der Waals surface area contributed by atoms with Crippen LogP contribution in [0.5, 0.6) is 0 Å². The number of hydrogen-bond donors (Lipinski definition) is 0. The fourth-order valence-electron chi connectivity index (χ4n) is 1.84. The van der Waals surface area contributed by atoms with Gasteiger partial charge in [0.2, 0.25) is 0 Å². The maximum absolute atomic E-state index is 6.10. The third-order valence-electron chi connectivity index (χ3n) is 2.68. The van der Waals surface area contributed by atoms with Crippen molar-refractivity contribution in [2.24, 2.45) is 0 Å². The van der Waals surface area contributed by atoms with Gasteiger partial charge in [0.1, 0.15) is 5.52 Å². The molecular formula is C10H10ClN3O2. The van der Waals surface area contributed by atoms with Crippen LogP contribution in [0.1, 0.15) is 0 Å². The van der Waals surface area contributed by atoms with E-state index in [9.17, 15) is 0 Å². The van der Waals surface area contributed by atoms with Gasteiger partial charge >= 0.3 is 0 Å². The summed E-state index contributed by atoms with van der Waals surface area (Å²) in [6.45, 7) is 3.22. The van der Waals surface area contributed by atoms with Gasteiger partial charge in [-0.1, -0.05) is 11.6 Å². The van der Waals surface area contributed by atoms with Gasteiger partial charge in [0.15, 0.2) is 5.52 Å². The standard InChI is InChI=1S/C10H10ClN3O2/c11-8-5-7(14-1-3-15-4-2-14)6-9-10(8)13-16-12-9/h5-6H,1-4H2. The summed E-state index contributed by atoms with van der Waals surface area (Å²) < 4.78 is 9.96. The van der Waals surface area contributed by atoms with Crippen LogP contribution in [0, 0.1) is 0 Å². The molecule has 0 unspecified atom stereocenters. The van der Waals surface area contributed by atoms with Crippen LogP contribution in [-0.2, 0) is 4.74 Å². The van der Waals surface area contributed by atoms with Crippen LogP contribution < -0.4 is 4.90 Å². The van der Waals surface area contributed by atoms with Crippen molar-refractivity contribution in [3.63, 3.8) is 0 Å². The van der Waals surface area contributed by atoms with E-state index >= 15 is 0 Å². The van der Waals surface area contributed by atoms with Crippen LogP contribution in [0.4, 0.5) is 5.69 Å². The van der Waals surface area contributed by atoms with Crippen molar-refractivity contribution >= 4 is 28.3 Å². The first-order chi connectivity index (χ1) is 7.84. The lowest BCUT2D eigenvalue weighted by atomic mass is 10.2. The molecule has 0 radical (unpaired) electrons. The minimum Gasteiger partial charge on any atom is -0.378 e. The number of hydrogen-bond acceptors (Lipinski definition) is 5. The lowest BCUT2D eigenvalue weighted by Gasteiger charge is -2.28. The second kappa shape index (κ2) is 3.92. The maximum Gasteiger partial charge on any atom is 0.153 e. The highest BCUT2D eigenvalue weighted by Gasteiger charge is 2.14. The Hall–Kier alpha value is -1.33. The smallest absolute Gasteiger partial charge is 0.153 e. The van der Waals surface area contributed by atoms with E-state index in [1.807, 2.05) is 12.1 Å². The largest absolute Gasteiger partial charge is 0.378 e. The normalized spacial score (nSPS) is 16.9. The van der Waals surface area contributed by atoms with E-state index in [0.717, 1.165) is 32.0 Å². The molecule has 2 heterocycles. The highest BCUT2D eigenvalue weighted by Crippen LogP contribution is 2.27. The topological polar surface area (TPSA) is 51.4 Å². The number of benzene rings is 1. The fourth-order valence-corrected chi connectivity index (χ4v) is 2.08. The van der Waals surface area contributed by atoms with Gasteiger partial charge in [0, 0.05) is 18.8 Å². The molecule has 3 rings (SSSR count). The molecule has 2 aromatic rings. The summed E-state index contributed by atoms with van der Waals surface area (Å²) in [5.41, 5.74) is 2.34. The van der Waals surface area contributed by atoms with Gasteiger partial charge in [-0.2, -0.15) is 0 Å². The summed E-state index contributed by atoms with van der Waals surface area (Å²) in [5, 5.41) is 8.12. The third kappa shape index (κ3) is 1.62. The second-order valence-electron chi connectivity index (χ2n) is 3.66. The Kier molecular flexibility index (Phi) is 2.41. The van der Waals surface area contributed by atoms with Crippen molar-refractivity contribution in [2.45, 2.75) is 0 Å². The summed E-state index contributed by atoms with van der Waals surface area (Å²) in [5.74, 6) is 0. The van der Waals surface area contributed by atoms with Gasteiger partial charge in [-0.25, -0.2) is 4.63 Å². The van der Waals surface area contributed by atoms with E-state index in [1.54, 1.807) is 0 Å². The Morgan fingerprint density at radius 3 is 2.81 bits per heavy atom. The molecule has 1 aromatic carbocycles. The van der Waals surface area contributed by atoms with Gasteiger partial charge < -0.3 is 9.64 Å². The van der Waals surface area contributed by atoms with E-state index in [1.165, 1.54) is 0 Å². The molecule has 0 saturated carbocycles. The lowest BCUT2D eigenvalue weighted by Crippen LogP contribution is -2.36. The molecule has 0 aliphatic carbocycles. The quantitative estimate of drug-likeness (QED) is 0.758. The highest BCUT2D eigenvalue weighted by molar-refractivity contribution is 6.35. The molecule has 1 aliphatic heterocycles. The number of nitrogens with zero attached hydrogens (tertiary/aromatic N) is 3. The molecule has 1 aliphatic rings. The van der Waals surface area contributed by atoms with Gasteiger partial charge in [0.05, 0.1) is 18.2 Å². The molecule has 0 spiro atoms. The number of aromatic nitrogens is 2. The van der Waals surface area contributed by atoms with E-state index < -0.39 is 0 Å². The number of fused-ring (bicyclic) bond motifs is 1. The molecule has 0 atom stereocenters. The van der Waals surface area contributed by atoms with Crippen LogP contribution in [0.25, 0.3) is 11.0 Å². The van der Waals surface area contributed by atoms with Crippen molar-refractivity contribution in [3.05, 3.63) is 17.2 Å². The Labute approximate surface area is 96.9 Å². The SMILES string of the molecule is Clc1cc(N2CCOCC2)cc2nonc12. The van der Waals surface area contributed by atoms with Gasteiger partial charge in [-0.3, -0.25) is 0 Å². The molecule has 1 saturated heterocycles. The third-order valence-corrected chi connectivity index (χ3v) is 2.96. The average Bonchev–Trinajstić information content (AvgIpc) is 2.79. The van der Waals surface area contributed by atoms with Crippen molar-refractivity contribution in [2.75, 3.05) is 31.2 Å². The molecule has 16 heavy (non-hydrogen) atoms. The van der Waals surface area contributed by atoms with Crippen LogP contribution in [0.2, 0.25) is 5.02 Å². The first-order valence-corrected chi connectivity index (χ1v) is 5.47. The minimum absolute atomic E-state index is 0.570. The Bertz CT molecular complexity index is 508. The summed E-state index contributed by atoms with van der Waals surface area (Å²) in [4.78, 5) is 2.21. The first kappa shape index (κ1) is 9.86. The molecular weight excluding hydrogens is 230 g/mol. The molecule has 0 amide bonds. The van der Waals surface area contributed by atoms with E-state index in [0.29, 0.717) is 16.1 Å². The Morgan fingerprint density at radius 2 is 2.00 bits per heavy atom. The average molecular weight is 240 g/mol. The Balaban J connectivity index is 2.02. The zero-order chi connectivity index (χ0) is 11.0. The highest BCUT2D eigenvalue weighted by atomic mass is 35.5. The second-order valence-corrected chi connectivity index (χ2v) is 4.07. The number of morpholine rings is 1. The zero-order valence-electron chi connectivity index (χ0n) is 8.52. The van der Waals surface area contributed by atoms with Crippen molar-refractivity contribution in [1.29, 1.82) is 0 Å². The molecule has 6 heteroatoms. The van der Waals surface area contributed by atoms with Crippen LogP contribution in [0.15, 0.2) is 16.8 Å². The molecule has 0 bridgehead atoms. The van der Waals surface area contributed by atoms with E-state index in [2.05, 4.69) is 19.8 Å². The first-order valence-electron chi connectivity index (χ1n) is 5.09. The van der Waals surface area contributed by atoms with Gasteiger partial charge in [0.25, 0.3) is 0 Å². The molecule has 5 nitrogen and oxygen atoms in total. The fraction of sp³-hybridized carbons (Fsp3) is 0.400. The van der Waals surface area contributed by atoms with E-state index in [-0.39, 0.29) is 0 Å². The van der Waals surface area contributed by atoms with Crippen LogP contribution in [-0.4, -0.2) is 36.6 Å². The van der Waals surface area contributed by atoms with Crippen LogP contribution >= 0.6 is 11.6 Å². The lowest BCUT2D eigenvalue weighted by molar-refractivity contribution is 0.122. The minimum atomic E-state index is 0.570. The Morgan fingerprint density at radius 1 is 1.19 bits per heavy atom. The summed E-state index contributed by atoms with van der Waals surface area (Å²) in [6, 6.07) is 3.82. The molecule has 0 N–H and O–H groups in total. The summed E-state index contributed by atoms with van der Waals surface area (Å²) in [7, 11) is 0. The zero-order valence-corrected chi connectivity index (χ0v) is 9.28. The monoisotopic (exact) mass is 239 g/mol. The molecule has 1 aromatic heterocycles. The molecule has 84 valence electrons. The van der Waals surface area contributed by atoms with Gasteiger partial charge in [-0.15, -0.1) is 0 Å². The predicted molar refractivity (Wildman–Crippen MR) is 59.8 cm³/mol. The van der Waals surface area contributed by atoms with Crippen molar-refractivity contribution in [3.8, 4) is 0 Å². The van der Waals surface area contributed by atoms with Crippen LogP contribution in [0.3, 0.4) is 0 Å². The summed E-state index contributed by atoms with van der Waals surface area (Å²) in [6.07, 6.45) is 0. The number of ether oxygens (including phenoxy) is 1. The number of rotatable bonds is 1. The number of halogens is 1. The molecule has 1 fully saturated rings. The maximum atomic E-state index is 6.10. The summed E-state index contributed by atoms with van der Waals surface area (Å²) >= 11 is 6.10. The van der Waals surface area contributed by atoms with Crippen molar-refractivity contribution in [1.82, 2.24) is 10.3 Å². The van der Waals surface area contributed by atoms with E-state index in [4.69, 9.17) is 16.3 Å². The predicted octanol–water partition coefficient (Wildman–Crippen LogP) is 1.71. The van der Waals surface area contributed by atoms with Crippen molar-refractivity contribution < 1.29 is 9.37 Å². The van der Waals surface area contributed by atoms with Gasteiger partial charge in [-0.05, 0) is 22.4 Å². The number of anilines is 1.